The maximum Gasteiger partial charge on any atom is 0.125 e. The average Bonchev–Trinajstić information content (AvgIpc) is 2.15. The van der Waals surface area contributed by atoms with Crippen LogP contribution in [0.1, 0.15) is 22.9 Å². The quantitative estimate of drug-likeness (QED) is 0.378. The van der Waals surface area contributed by atoms with Crippen molar-refractivity contribution in [3.05, 3.63) is 28.8 Å². The van der Waals surface area contributed by atoms with Crippen molar-refractivity contribution in [2.45, 2.75) is 20.0 Å². The predicted octanol–water partition coefficient (Wildman–Crippen LogP) is 0.733. The summed E-state index contributed by atoms with van der Waals surface area (Å²) in [4.78, 5) is 0. The number of rotatable bonds is 3. The average molecular weight is 195 g/mol. The zero-order chi connectivity index (χ0) is 10.7. The van der Waals surface area contributed by atoms with Crippen molar-refractivity contribution in [2.75, 3.05) is 7.11 Å². The molecule has 1 atom stereocenters. The van der Waals surface area contributed by atoms with E-state index >= 15 is 0 Å². The first-order valence-electron chi connectivity index (χ1n) is 4.47. The summed E-state index contributed by atoms with van der Waals surface area (Å²) in [5.74, 6) is 6.08. The van der Waals surface area contributed by atoms with Crippen LogP contribution in [0.25, 0.3) is 0 Å². The molecule has 78 valence electrons. The van der Waals surface area contributed by atoms with Gasteiger partial charge in [-0.1, -0.05) is 6.07 Å². The van der Waals surface area contributed by atoms with E-state index in [0.29, 0.717) is 0 Å². The molecule has 0 saturated heterocycles. The van der Waals surface area contributed by atoms with Crippen LogP contribution in [-0.2, 0) is 0 Å². The van der Waals surface area contributed by atoms with Gasteiger partial charge >= 0.3 is 0 Å². The fraction of sp³-hybridized carbons (Fsp3) is 0.400. The van der Waals surface area contributed by atoms with Crippen LogP contribution in [-0.4, -0.2) is 7.11 Å². The summed E-state index contributed by atoms with van der Waals surface area (Å²) >= 11 is 0. The van der Waals surface area contributed by atoms with Crippen molar-refractivity contribution in [1.82, 2.24) is 5.43 Å². The zero-order valence-corrected chi connectivity index (χ0v) is 8.79. The van der Waals surface area contributed by atoms with Crippen LogP contribution in [0, 0.1) is 13.8 Å². The highest BCUT2D eigenvalue weighted by Crippen LogP contribution is 2.27. The second-order valence-electron chi connectivity index (χ2n) is 3.34. The van der Waals surface area contributed by atoms with E-state index in [-0.39, 0.29) is 0 Å². The molecule has 0 bridgehead atoms. The van der Waals surface area contributed by atoms with Crippen LogP contribution < -0.4 is 21.7 Å². The number of hydrogen-bond donors (Lipinski definition) is 3. The van der Waals surface area contributed by atoms with Gasteiger partial charge in [-0.25, -0.2) is 5.43 Å². The van der Waals surface area contributed by atoms with Gasteiger partial charge in [-0.2, -0.15) is 0 Å². The van der Waals surface area contributed by atoms with Gasteiger partial charge in [-0.15, -0.1) is 0 Å². The van der Waals surface area contributed by atoms with E-state index in [0.717, 1.165) is 22.4 Å². The molecule has 14 heavy (non-hydrogen) atoms. The number of hydrogen-bond acceptors (Lipinski definition) is 4. The highest BCUT2D eigenvalue weighted by atomic mass is 16.5. The standard InChI is InChI=1S/C10H17N3O/c1-6-4-7(2)9(10(11)13-12)8(5-6)14-3/h4-5,10,13H,11-12H2,1-3H3. The van der Waals surface area contributed by atoms with Crippen LogP contribution in [0.5, 0.6) is 5.75 Å². The smallest absolute Gasteiger partial charge is 0.125 e. The number of ether oxygens (including phenoxy) is 1. The molecule has 0 aromatic heterocycles. The lowest BCUT2D eigenvalue weighted by Crippen LogP contribution is -2.34. The Morgan fingerprint density at radius 3 is 2.50 bits per heavy atom. The van der Waals surface area contributed by atoms with Crippen molar-refractivity contribution >= 4 is 0 Å². The summed E-state index contributed by atoms with van der Waals surface area (Å²) in [5.41, 5.74) is 11.4. The molecule has 1 aromatic carbocycles. The van der Waals surface area contributed by atoms with Gasteiger partial charge in [0.15, 0.2) is 0 Å². The highest BCUT2D eigenvalue weighted by molar-refractivity contribution is 5.44. The molecule has 0 fully saturated rings. The van der Waals surface area contributed by atoms with Crippen LogP contribution in [0.4, 0.5) is 0 Å². The van der Waals surface area contributed by atoms with E-state index in [2.05, 4.69) is 11.5 Å². The molecule has 0 aliphatic heterocycles. The summed E-state index contributed by atoms with van der Waals surface area (Å²) in [5, 5.41) is 0. The Hall–Kier alpha value is -1.10. The van der Waals surface area contributed by atoms with Crippen LogP contribution in [0.2, 0.25) is 0 Å². The Morgan fingerprint density at radius 2 is 2.00 bits per heavy atom. The van der Waals surface area contributed by atoms with Crippen LogP contribution >= 0.6 is 0 Å². The number of benzene rings is 1. The summed E-state index contributed by atoms with van der Waals surface area (Å²) in [6.07, 6.45) is -0.398. The molecular formula is C10H17N3O. The Balaban J connectivity index is 3.24. The van der Waals surface area contributed by atoms with Crippen LogP contribution in [0.15, 0.2) is 12.1 Å². The van der Waals surface area contributed by atoms with Crippen molar-refractivity contribution in [3.8, 4) is 5.75 Å². The first-order valence-corrected chi connectivity index (χ1v) is 4.47. The fourth-order valence-electron chi connectivity index (χ4n) is 1.59. The number of nitrogens with one attached hydrogen (secondary N) is 1. The van der Waals surface area contributed by atoms with Gasteiger partial charge < -0.3 is 10.5 Å². The molecule has 0 spiro atoms. The Kier molecular flexibility index (Phi) is 3.46. The monoisotopic (exact) mass is 195 g/mol. The molecule has 1 rings (SSSR count). The maximum absolute atomic E-state index is 5.81. The number of aryl methyl sites for hydroxylation is 2. The minimum atomic E-state index is -0.398. The molecule has 0 aliphatic rings. The van der Waals surface area contributed by atoms with Gasteiger partial charge in [0, 0.05) is 5.56 Å². The molecule has 4 heteroatoms. The molecular weight excluding hydrogens is 178 g/mol. The van der Waals surface area contributed by atoms with Gasteiger partial charge in [-0.3, -0.25) is 5.84 Å². The summed E-state index contributed by atoms with van der Waals surface area (Å²) in [7, 11) is 1.63. The molecule has 1 unspecified atom stereocenters. The molecule has 0 amide bonds. The lowest BCUT2D eigenvalue weighted by molar-refractivity contribution is 0.399. The van der Waals surface area contributed by atoms with E-state index in [1.165, 1.54) is 0 Å². The normalized spacial score (nSPS) is 12.6. The van der Waals surface area contributed by atoms with Gasteiger partial charge in [-0.05, 0) is 31.0 Å². The second kappa shape index (κ2) is 4.41. The largest absolute Gasteiger partial charge is 0.496 e. The van der Waals surface area contributed by atoms with Gasteiger partial charge in [0.05, 0.1) is 13.3 Å². The highest BCUT2D eigenvalue weighted by Gasteiger charge is 2.13. The van der Waals surface area contributed by atoms with Crippen LogP contribution in [0.3, 0.4) is 0 Å². The third kappa shape index (κ3) is 2.04. The lowest BCUT2D eigenvalue weighted by Gasteiger charge is -2.18. The molecule has 4 nitrogen and oxygen atoms in total. The maximum atomic E-state index is 5.81. The van der Waals surface area contributed by atoms with E-state index < -0.39 is 6.17 Å². The van der Waals surface area contributed by atoms with E-state index in [1.807, 2.05) is 19.9 Å². The Bertz CT molecular complexity index is 325. The van der Waals surface area contributed by atoms with E-state index in [9.17, 15) is 0 Å². The molecule has 1 aromatic rings. The summed E-state index contributed by atoms with van der Waals surface area (Å²) in [6, 6.07) is 3.99. The van der Waals surface area contributed by atoms with Crippen molar-refractivity contribution in [1.29, 1.82) is 0 Å². The Labute approximate surface area is 84.2 Å². The first kappa shape index (κ1) is 11.0. The van der Waals surface area contributed by atoms with Gasteiger partial charge in [0.25, 0.3) is 0 Å². The third-order valence-corrected chi connectivity index (χ3v) is 2.20. The number of hydrazine groups is 1. The molecule has 0 radical (unpaired) electrons. The minimum absolute atomic E-state index is 0.398. The van der Waals surface area contributed by atoms with Crippen molar-refractivity contribution in [3.63, 3.8) is 0 Å². The molecule has 5 N–H and O–H groups in total. The first-order chi connectivity index (χ1) is 6.60. The van der Waals surface area contributed by atoms with Gasteiger partial charge in [0.1, 0.15) is 5.75 Å². The van der Waals surface area contributed by atoms with Crippen molar-refractivity contribution < 1.29 is 4.74 Å². The van der Waals surface area contributed by atoms with Crippen molar-refractivity contribution in [2.24, 2.45) is 11.6 Å². The van der Waals surface area contributed by atoms with E-state index in [1.54, 1.807) is 7.11 Å². The molecule has 0 aliphatic carbocycles. The molecule has 0 heterocycles. The fourth-order valence-corrected chi connectivity index (χ4v) is 1.59. The molecule has 0 saturated carbocycles. The topological polar surface area (TPSA) is 73.3 Å². The lowest BCUT2D eigenvalue weighted by atomic mass is 10.0. The van der Waals surface area contributed by atoms with E-state index in [4.69, 9.17) is 16.3 Å². The number of methoxy groups -OCH3 is 1. The second-order valence-corrected chi connectivity index (χ2v) is 3.34. The van der Waals surface area contributed by atoms with Gasteiger partial charge in [0.2, 0.25) is 0 Å². The minimum Gasteiger partial charge on any atom is -0.496 e. The predicted molar refractivity (Wildman–Crippen MR) is 56.7 cm³/mol. The number of nitrogens with two attached hydrogens (primary N) is 2. The summed E-state index contributed by atoms with van der Waals surface area (Å²) in [6.45, 7) is 4.00. The Morgan fingerprint density at radius 1 is 1.36 bits per heavy atom. The third-order valence-electron chi connectivity index (χ3n) is 2.20. The SMILES string of the molecule is COc1cc(C)cc(C)c1C(N)NN. The zero-order valence-electron chi connectivity index (χ0n) is 8.79. The summed E-state index contributed by atoms with van der Waals surface area (Å²) < 4.78 is 5.25.